The molecule has 1 fully saturated rings. The van der Waals surface area contributed by atoms with Gasteiger partial charge in [0.15, 0.2) is 24.0 Å². The highest BCUT2D eigenvalue weighted by molar-refractivity contribution is 5.42. The number of nitrogens with two attached hydrogens (primary N) is 1. The summed E-state index contributed by atoms with van der Waals surface area (Å²) in [6.07, 6.45) is -3.79. The number of alkyl halides is 1. The quantitative estimate of drug-likeness (QED) is 0.678. The summed E-state index contributed by atoms with van der Waals surface area (Å²) in [5.41, 5.74) is 3.80. The van der Waals surface area contributed by atoms with Crippen molar-refractivity contribution < 1.29 is 23.7 Å². The summed E-state index contributed by atoms with van der Waals surface area (Å²) in [5, 5.41) is 18.3. The van der Waals surface area contributed by atoms with Crippen LogP contribution in [0.1, 0.15) is 6.23 Å². The second kappa shape index (κ2) is 4.94. The van der Waals surface area contributed by atoms with Crippen molar-refractivity contribution in [3.63, 3.8) is 0 Å². The van der Waals surface area contributed by atoms with Crippen LogP contribution in [0.5, 0.6) is 5.75 Å². The summed E-state index contributed by atoms with van der Waals surface area (Å²) < 4.78 is 32.1. The molecule has 0 aliphatic carbocycles. The van der Waals surface area contributed by atoms with Gasteiger partial charge in [-0.25, -0.2) is 13.6 Å². The first-order valence-electron chi connectivity index (χ1n) is 5.27. The average molecular weight is 275 g/mol. The van der Waals surface area contributed by atoms with Gasteiger partial charge in [-0.3, -0.25) is 4.57 Å². The number of ether oxygens (including phenoxy) is 1. The van der Waals surface area contributed by atoms with Crippen LogP contribution in [0.4, 0.5) is 14.6 Å². The molecule has 2 heterocycles. The molecule has 0 aromatic carbocycles. The molecule has 0 bridgehead atoms. The molecular weight excluding hydrogens is 264 g/mol. The summed E-state index contributed by atoms with van der Waals surface area (Å²) >= 11 is 0. The smallest absolute Gasteiger partial charge is 0.352 e. The van der Waals surface area contributed by atoms with E-state index >= 15 is 0 Å². The number of halogens is 2. The normalized spacial score (nSPS) is 29.0. The molecule has 3 unspecified atom stereocenters. The number of nitrogens with zero attached hydrogens (tertiary/aromatic N) is 2. The summed E-state index contributed by atoms with van der Waals surface area (Å²) in [4.78, 5) is 14.9. The van der Waals surface area contributed by atoms with E-state index in [1.54, 1.807) is 0 Å². The van der Waals surface area contributed by atoms with E-state index in [0.717, 1.165) is 6.20 Å². The van der Waals surface area contributed by atoms with Crippen molar-refractivity contribution in [3.05, 3.63) is 28.6 Å². The highest BCUT2D eigenvalue weighted by atomic mass is 19.1. The molecule has 1 aromatic rings. The van der Waals surface area contributed by atoms with E-state index in [4.69, 9.17) is 15.6 Å². The highest BCUT2D eigenvalue weighted by Gasteiger charge is 2.42. The van der Waals surface area contributed by atoms with Crippen LogP contribution in [0, 0.1) is 0 Å². The lowest BCUT2D eigenvalue weighted by atomic mass is 10.1. The monoisotopic (exact) mass is 275 g/mol. The molecule has 4 N–H and O–H groups in total. The standard InChI is InChI=1S/C10H11F2N3O4/c11-1-4-7(12)6(3-16)19-9(4)15-2-5(17)8(13)14-10(15)18/h1-2,6-7,9,16-17H,3H2,(H2,13,14,18). The van der Waals surface area contributed by atoms with Gasteiger partial charge < -0.3 is 20.7 Å². The maximum Gasteiger partial charge on any atom is 0.352 e. The minimum Gasteiger partial charge on any atom is -0.503 e. The summed E-state index contributed by atoms with van der Waals surface area (Å²) in [5.74, 6) is -0.926. The molecule has 0 amide bonds. The molecule has 0 radical (unpaired) electrons. The molecule has 104 valence electrons. The van der Waals surface area contributed by atoms with Gasteiger partial charge in [0.25, 0.3) is 0 Å². The average Bonchev–Trinajstić information content (AvgIpc) is 2.70. The second-order valence-electron chi connectivity index (χ2n) is 3.92. The van der Waals surface area contributed by atoms with E-state index in [2.05, 4.69) is 4.98 Å². The third kappa shape index (κ3) is 2.17. The molecule has 1 aliphatic heterocycles. The van der Waals surface area contributed by atoms with E-state index in [1.165, 1.54) is 0 Å². The first-order chi connectivity index (χ1) is 8.99. The van der Waals surface area contributed by atoms with Gasteiger partial charge in [0.2, 0.25) is 0 Å². The molecule has 1 saturated heterocycles. The van der Waals surface area contributed by atoms with Gasteiger partial charge >= 0.3 is 5.69 Å². The van der Waals surface area contributed by atoms with Crippen LogP contribution in [0.2, 0.25) is 0 Å². The molecule has 1 aromatic heterocycles. The van der Waals surface area contributed by atoms with Gasteiger partial charge in [0.1, 0.15) is 6.10 Å². The third-order valence-corrected chi connectivity index (χ3v) is 2.75. The molecule has 9 heteroatoms. The topological polar surface area (TPSA) is 111 Å². The minimum absolute atomic E-state index is 0.0369. The SMILES string of the molecule is Nc1nc(=O)n(C2OC(CO)C(F)C2=CF)cc1O. The van der Waals surface area contributed by atoms with Crippen LogP contribution in [0.3, 0.4) is 0 Å². The Hall–Kier alpha value is -2.00. The summed E-state index contributed by atoms with van der Waals surface area (Å²) in [7, 11) is 0. The fourth-order valence-electron chi connectivity index (χ4n) is 1.78. The predicted molar refractivity (Wildman–Crippen MR) is 59.7 cm³/mol. The van der Waals surface area contributed by atoms with Crippen LogP contribution < -0.4 is 11.4 Å². The number of aromatic hydroxyl groups is 1. The zero-order valence-electron chi connectivity index (χ0n) is 9.53. The molecule has 2 rings (SSSR count). The van der Waals surface area contributed by atoms with E-state index in [0.29, 0.717) is 4.57 Å². The summed E-state index contributed by atoms with van der Waals surface area (Å²) in [6, 6.07) is 0. The number of aliphatic hydroxyl groups is 1. The lowest BCUT2D eigenvalue weighted by molar-refractivity contribution is -0.0323. The second-order valence-corrected chi connectivity index (χ2v) is 3.92. The number of aromatic nitrogens is 2. The lowest BCUT2D eigenvalue weighted by Gasteiger charge is -2.15. The fraction of sp³-hybridized carbons (Fsp3) is 0.400. The van der Waals surface area contributed by atoms with E-state index in [1.807, 2.05) is 0 Å². The van der Waals surface area contributed by atoms with E-state index in [9.17, 15) is 18.7 Å². The molecule has 3 atom stereocenters. The van der Waals surface area contributed by atoms with E-state index in [-0.39, 0.29) is 6.33 Å². The first kappa shape index (κ1) is 13.4. The Labute approximate surface area is 105 Å². The Morgan fingerprint density at radius 2 is 2.32 bits per heavy atom. The van der Waals surface area contributed by atoms with Crippen molar-refractivity contribution >= 4 is 5.82 Å². The summed E-state index contributed by atoms with van der Waals surface area (Å²) in [6.45, 7) is -0.682. The maximum atomic E-state index is 13.7. The molecule has 7 nitrogen and oxygen atoms in total. The van der Waals surface area contributed by atoms with Crippen LogP contribution in [-0.2, 0) is 4.74 Å². The number of aliphatic hydroxyl groups excluding tert-OH is 1. The molecule has 19 heavy (non-hydrogen) atoms. The van der Waals surface area contributed by atoms with Crippen molar-refractivity contribution in [2.24, 2.45) is 0 Å². The van der Waals surface area contributed by atoms with Gasteiger partial charge in [0.05, 0.1) is 19.1 Å². The van der Waals surface area contributed by atoms with Gasteiger partial charge in [-0.1, -0.05) is 0 Å². The van der Waals surface area contributed by atoms with Crippen LogP contribution in [0.15, 0.2) is 22.9 Å². The molecule has 0 spiro atoms. The van der Waals surface area contributed by atoms with Gasteiger partial charge in [-0.2, -0.15) is 4.98 Å². The van der Waals surface area contributed by atoms with Gasteiger partial charge in [-0.15, -0.1) is 0 Å². The number of nitrogen functional groups attached to an aromatic ring is 1. The Balaban J connectivity index is 2.47. The van der Waals surface area contributed by atoms with Crippen LogP contribution in [0.25, 0.3) is 0 Å². The third-order valence-electron chi connectivity index (χ3n) is 2.75. The minimum atomic E-state index is -1.90. The van der Waals surface area contributed by atoms with Crippen molar-refractivity contribution in [2.45, 2.75) is 18.5 Å². The van der Waals surface area contributed by atoms with Gasteiger partial charge in [-0.05, 0) is 0 Å². The van der Waals surface area contributed by atoms with Gasteiger partial charge in [0, 0.05) is 5.57 Å². The molecule has 1 aliphatic rings. The van der Waals surface area contributed by atoms with Crippen molar-refractivity contribution in [1.29, 1.82) is 0 Å². The number of rotatable bonds is 2. The predicted octanol–water partition coefficient (Wildman–Crippen LogP) is -0.388. The van der Waals surface area contributed by atoms with Crippen LogP contribution in [-0.4, -0.2) is 38.6 Å². The Morgan fingerprint density at radius 1 is 1.63 bits per heavy atom. The zero-order valence-corrected chi connectivity index (χ0v) is 9.53. The van der Waals surface area contributed by atoms with Crippen molar-refractivity contribution in [2.75, 3.05) is 12.3 Å². The fourth-order valence-corrected chi connectivity index (χ4v) is 1.78. The molecular formula is C10H11F2N3O4. The Kier molecular flexibility index (Phi) is 3.49. The van der Waals surface area contributed by atoms with Crippen molar-refractivity contribution in [1.82, 2.24) is 9.55 Å². The largest absolute Gasteiger partial charge is 0.503 e. The molecule has 0 saturated carbocycles. The lowest BCUT2D eigenvalue weighted by Crippen LogP contribution is -2.28. The Bertz CT molecular complexity index is 574. The number of hydrogen-bond donors (Lipinski definition) is 3. The van der Waals surface area contributed by atoms with E-state index < -0.39 is 47.9 Å². The number of anilines is 1. The van der Waals surface area contributed by atoms with Crippen molar-refractivity contribution in [3.8, 4) is 5.75 Å². The van der Waals surface area contributed by atoms with Crippen LogP contribution >= 0.6 is 0 Å². The maximum absolute atomic E-state index is 13.7. The number of hydrogen-bond acceptors (Lipinski definition) is 6. The highest BCUT2D eigenvalue weighted by Crippen LogP contribution is 2.36. The zero-order chi connectivity index (χ0) is 14.2. The Morgan fingerprint density at radius 3 is 2.89 bits per heavy atom. The first-order valence-corrected chi connectivity index (χ1v) is 5.27.